The number of rotatable bonds is 7. The van der Waals surface area contributed by atoms with E-state index in [-0.39, 0.29) is 19.0 Å². The SMILES string of the molecule is O=C(O)CN(CC(=O)N1CCC(Cc2ccccc2)CC1)c1ccccc1. The Bertz CT molecular complexity index is 741. The summed E-state index contributed by atoms with van der Waals surface area (Å²) in [6.45, 7) is 1.40. The number of amides is 1. The van der Waals surface area contributed by atoms with E-state index in [0.717, 1.165) is 38.0 Å². The molecule has 1 amide bonds. The van der Waals surface area contributed by atoms with Gasteiger partial charge >= 0.3 is 5.97 Å². The molecule has 27 heavy (non-hydrogen) atoms. The van der Waals surface area contributed by atoms with Crippen LogP contribution in [0.15, 0.2) is 60.7 Å². The number of carbonyl (C=O) groups is 2. The van der Waals surface area contributed by atoms with Crippen LogP contribution in [0.3, 0.4) is 0 Å². The van der Waals surface area contributed by atoms with Crippen LogP contribution >= 0.6 is 0 Å². The Morgan fingerprint density at radius 1 is 0.926 bits per heavy atom. The van der Waals surface area contributed by atoms with Crippen molar-refractivity contribution in [1.82, 2.24) is 4.90 Å². The number of benzene rings is 2. The second-order valence-electron chi connectivity index (χ2n) is 7.10. The zero-order valence-electron chi connectivity index (χ0n) is 15.5. The van der Waals surface area contributed by atoms with E-state index >= 15 is 0 Å². The van der Waals surface area contributed by atoms with Crippen LogP contribution in [-0.2, 0) is 16.0 Å². The molecule has 3 rings (SSSR count). The third kappa shape index (κ3) is 5.58. The Labute approximate surface area is 160 Å². The molecule has 0 aromatic heterocycles. The van der Waals surface area contributed by atoms with E-state index in [9.17, 15) is 14.7 Å². The van der Waals surface area contributed by atoms with Gasteiger partial charge in [0.2, 0.25) is 5.91 Å². The first-order chi connectivity index (χ1) is 13.1. The van der Waals surface area contributed by atoms with Gasteiger partial charge in [-0.25, -0.2) is 0 Å². The highest BCUT2D eigenvalue weighted by molar-refractivity contribution is 5.84. The van der Waals surface area contributed by atoms with E-state index in [1.54, 1.807) is 4.90 Å². The number of piperidine rings is 1. The summed E-state index contributed by atoms with van der Waals surface area (Å²) in [5, 5.41) is 9.18. The topological polar surface area (TPSA) is 60.9 Å². The molecule has 0 bridgehead atoms. The molecule has 142 valence electrons. The van der Waals surface area contributed by atoms with E-state index < -0.39 is 5.97 Å². The molecule has 1 N–H and O–H groups in total. The fourth-order valence-corrected chi connectivity index (χ4v) is 3.64. The number of aliphatic carboxylic acids is 1. The number of carboxylic acids is 1. The van der Waals surface area contributed by atoms with Crippen molar-refractivity contribution in [2.45, 2.75) is 19.3 Å². The minimum atomic E-state index is -0.937. The van der Waals surface area contributed by atoms with Gasteiger partial charge in [-0.1, -0.05) is 48.5 Å². The smallest absolute Gasteiger partial charge is 0.323 e. The molecule has 5 heteroatoms. The van der Waals surface area contributed by atoms with Gasteiger partial charge < -0.3 is 14.9 Å². The van der Waals surface area contributed by atoms with Crippen molar-refractivity contribution >= 4 is 17.6 Å². The number of anilines is 1. The van der Waals surface area contributed by atoms with Crippen LogP contribution in [0.4, 0.5) is 5.69 Å². The molecule has 1 saturated heterocycles. The number of hydrogen-bond acceptors (Lipinski definition) is 3. The highest BCUT2D eigenvalue weighted by Gasteiger charge is 2.25. The van der Waals surface area contributed by atoms with Gasteiger partial charge in [0.25, 0.3) is 0 Å². The van der Waals surface area contributed by atoms with Crippen molar-refractivity contribution in [1.29, 1.82) is 0 Å². The van der Waals surface area contributed by atoms with E-state index in [1.807, 2.05) is 41.3 Å². The maximum atomic E-state index is 12.7. The van der Waals surface area contributed by atoms with Gasteiger partial charge in [-0.15, -0.1) is 0 Å². The summed E-state index contributed by atoms with van der Waals surface area (Å²) in [5.74, 6) is -0.341. The van der Waals surface area contributed by atoms with Crippen molar-refractivity contribution in [3.8, 4) is 0 Å². The monoisotopic (exact) mass is 366 g/mol. The number of hydrogen-bond donors (Lipinski definition) is 1. The second-order valence-corrected chi connectivity index (χ2v) is 7.10. The van der Waals surface area contributed by atoms with Gasteiger partial charge in [-0.05, 0) is 42.9 Å². The molecule has 1 aliphatic heterocycles. The first-order valence-corrected chi connectivity index (χ1v) is 9.45. The Kier molecular flexibility index (Phi) is 6.47. The number of likely N-dealkylation sites (tertiary alicyclic amines) is 1. The van der Waals surface area contributed by atoms with Gasteiger partial charge in [-0.2, -0.15) is 0 Å². The largest absolute Gasteiger partial charge is 0.480 e. The molecule has 0 saturated carbocycles. The molecule has 1 heterocycles. The fraction of sp³-hybridized carbons (Fsp3) is 0.364. The van der Waals surface area contributed by atoms with E-state index in [0.29, 0.717) is 5.92 Å². The summed E-state index contributed by atoms with van der Waals surface area (Å²) in [4.78, 5) is 27.4. The Hall–Kier alpha value is -2.82. The quantitative estimate of drug-likeness (QED) is 0.818. The van der Waals surface area contributed by atoms with Crippen LogP contribution in [-0.4, -0.2) is 48.1 Å². The van der Waals surface area contributed by atoms with Crippen LogP contribution in [0, 0.1) is 5.92 Å². The standard InChI is InChI=1S/C22H26N2O3/c25-21(16-24(17-22(26)27)20-9-5-2-6-10-20)23-13-11-19(12-14-23)15-18-7-3-1-4-8-18/h1-10,19H,11-17H2,(H,26,27). The molecule has 1 aliphatic rings. The molecule has 5 nitrogen and oxygen atoms in total. The number of carboxylic acid groups (broad SMARTS) is 1. The number of carbonyl (C=O) groups excluding carboxylic acids is 1. The van der Waals surface area contributed by atoms with Crippen molar-refractivity contribution in [3.05, 3.63) is 66.2 Å². The highest BCUT2D eigenvalue weighted by atomic mass is 16.4. The Morgan fingerprint density at radius 2 is 1.52 bits per heavy atom. The fourth-order valence-electron chi connectivity index (χ4n) is 3.64. The lowest BCUT2D eigenvalue weighted by atomic mass is 9.90. The first-order valence-electron chi connectivity index (χ1n) is 9.45. The van der Waals surface area contributed by atoms with Crippen LogP contribution < -0.4 is 4.90 Å². The van der Waals surface area contributed by atoms with Gasteiger partial charge in [0.05, 0.1) is 6.54 Å². The third-order valence-corrected chi connectivity index (χ3v) is 5.11. The molecule has 2 aromatic rings. The molecular weight excluding hydrogens is 340 g/mol. The minimum Gasteiger partial charge on any atom is -0.480 e. The maximum Gasteiger partial charge on any atom is 0.323 e. The van der Waals surface area contributed by atoms with Crippen molar-refractivity contribution in [2.24, 2.45) is 5.92 Å². The molecule has 0 unspecified atom stereocenters. The molecule has 0 radical (unpaired) electrons. The lowest BCUT2D eigenvalue weighted by Crippen LogP contribution is -2.45. The average molecular weight is 366 g/mol. The molecule has 2 aromatic carbocycles. The predicted molar refractivity (Wildman–Crippen MR) is 106 cm³/mol. The summed E-state index contributed by atoms with van der Waals surface area (Å²) in [6, 6.07) is 19.7. The maximum absolute atomic E-state index is 12.7. The normalized spacial score (nSPS) is 14.7. The Balaban J connectivity index is 1.54. The average Bonchev–Trinajstić information content (AvgIpc) is 2.69. The van der Waals surface area contributed by atoms with E-state index in [2.05, 4.69) is 24.3 Å². The van der Waals surface area contributed by atoms with Crippen LogP contribution in [0.5, 0.6) is 0 Å². The second kappa shape index (κ2) is 9.21. The first kappa shape index (κ1) is 19.0. The molecule has 0 spiro atoms. The number of para-hydroxylation sites is 1. The van der Waals surface area contributed by atoms with Gasteiger partial charge in [0.15, 0.2) is 0 Å². The highest BCUT2D eigenvalue weighted by Crippen LogP contribution is 2.22. The van der Waals surface area contributed by atoms with Crippen molar-refractivity contribution in [3.63, 3.8) is 0 Å². The van der Waals surface area contributed by atoms with Gasteiger partial charge in [-0.3, -0.25) is 9.59 Å². The minimum absolute atomic E-state index is 0.00161. The lowest BCUT2D eigenvalue weighted by molar-refractivity contribution is -0.135. The molecule has 1 fully saturated rings. The van der Waals surface area contributed by atoms with E-state index in [4.69, 9.17) is 0 Å². The van der Waals surface area contributed by atoms with Crippen molar-refractivity contribution in [2.75, 3.05) is 31.1 Å². The zero-order chi connectivity index (χ0) is 19.1. The van der Waals surface area contributed by atoms with Crippen molar-refractivity contribution < 1.29 is 14.7 Å². The lowest BCUT2D eigenvalue weighted by Gasteiger charge is -2.34. The van der Waals surface area contributed by atoms with Gasteiger partial charge in [0, 0.05) is 18.8 Å². The summed E-state index contributed by atoms with van der Waals surface area (Å²) in [5.41, 5.74) is 2.10. The van der Waals surface area contributed by atoms with Crippen LogP contribution in [0.2, 0.25) is 0 Å². The molecule has 0 atom stereocenters. The van der Waals surface area contributed by atoms with E-state index in [1.165, 1.54) is 5.56 Å². The summed E-state index contributed by atoms with van der Waals surface area (Å²) >= 11 is 0. The predicted octanol–water partition coefficient (Wildman–Crippen LogP) is 3.06. The third-order valence-electron chi connectivity index (χ3n) is 5.11. The summed E-state index contributed by atoms with van der Waals surface area (Å²) in [6.07, 6.45) is 3.04. The molecular formula is C22H26N2O3. The van der Waals surface area contributed by atoms with Crippen LogP contribution in [0.1, 0.15) is 18.4 Å². The van der Waals surface area contributed by atoms with Gasteiger partial charge in [0.1, 0.15) is 6.54 Å². The summed E-state index contributed by atoms with van der Waals surface area (Å²) in [7, 11) is 0. The molecule has 0 aliphatic carbocycles. The Morgan fingerprint density at radius 3 is 2.11 bits per heavy atom. The summed E-state index contributed by atoms with van der Waals surface area (Å²) < 4.78 is 0. The van der Waals surface area contributed by atoms with Crippen LogP contribution in [0.25, 0.3) is 0 Å². The number of nitrogens with zero attached hydrogens (tertiary/aromatic N) is 2. The zero-order valence-corrected chi connectivity index (χ0v) is 15.5.